The van der Waals surface area contributed by atoms with Crippen molar-refractivity contribution in [2.45, 2.75) is 17.7 Å². The number of anilines is 1. The Labute approximate surface area is 188 Å². The van der Waals surface area contributed by atoms with Crippen LogP contribution in [0.2, 0.25) is 0 Å². The van der Waals surface area contributed by atoms with E-state index < -0.39 is 10.0 Å². The van der Waals surface area contributed by atoms with E-state index >= 15 is 0 Å². The van der Waals surface area contributed by atoms with Crippen LogP contribution in [0.4, 0.5) is 5.69 Å². The van der Waals surface area contributed by atoms with Gasteiger partial charge >= 0.3 is 5.97 Å². The minimum Gasteiger partial charge on any atom is -0.497 e. The van der Waals surface area contributed by atoms with E-state index in [0.717, 1.165) is 11.3 Å². The molecule has 0 bridgehead atoms. The van der Waals surface area contributed by atoms with Crippen molar-refractivity contribution in [1.82, 2.24) is 0 Å². The summed E-state index contributed by atoms with van der Waals surface area (Å²) < 4.78 is 42.4. The Balaban J connectivity index is 1.60. The highest BCUT2D eigenvalue weighted by Crippen LogP contribution is 2.25. The maximum atomic E-state index is 12.8. The van der Waals surface area contributed by atoms with E-state index in [0.29, 0.717) is 23.6 Å². The summed E-state index contributed by atoms with van der Waals surface area (Å²) in [6.07, 6.45) is 0.767. The molecule has 0 saturated carbocycles. The summed E-state index contributed by atoms with van der Waals surface area (Å²) in [6.45, 7) is 0. The normalized spacial score (nSPS) is 11.0. The summed E-state index contributed by atoms with van der Waals surface area (Å²) in [5.41, 5.74) is 1.45. The minimum absolute atomic E-state index is 0.148. The molecule has 3 rings (SSSR count). The molecule has 0 unspecified atom stereocenters. The Bertz CT molecular complexity index is 1140. The van der Waals surface area contributed by atoms with Crippen LogP contribution in [0.3, 0.4) is 0 Å². The molecule has 168 valence electrons. The van der Waals surface area contributed by atoms with Gasteiger partial charge in [-0.25, -0.2) is 8.42 Å². The molecule has 0 radical (unpaired) electrons. The number of rotatable bonds is 9. The molecule has 0 N–H and O–H groups in total. The van der Waals surface area contributed by atoms with E-state index in [2.05, 4.69) is 0 Å². The maximum Gasteiger partial charge on any atom is 0.311 e. The van der Waals surface area contributed by atoms with Gasteiger partial charge < -0.3 is 14.2 Å². The van der Waals surface area contributed by atoms with Crippen molar-refractivity contribution in [2.75, 3.05) is 25.6 Å². The molecule has 0 atom stereocenters. The maximum absolute atomic E-state index is 12.8. The Kier molecular flexibility index (Phi) is 7.37. The van der Waals surface area contributed by atoms with Gasteiger partial charge in [0.2, 0.25) is 0 Å². The van der Waals surface area contributed by atoms with Gasteiger partial charge in [0.05, 0.1) is 24.8 Å². The third-order valence-electron chi connectivity index (χ3n) is 4.93. The smallest absolute Gasteiger partial charge is 0.311 e. The van der Waals surface area contributed by atoms with Crippen LogP contribution in [0.5, 0.6) is 17.2 Å². The largest absolute Gasteiger partial charge is 0.497 e. The molecule has 0 aliphatic carbocycles. The standard InChI is InChI=1S/C24H25NO6S/c1-25(32(27,28)23-15-13-21(30-3)14-16-23)19-7-11-22(12-8-19)31-24(26)17-6-18-4-9-20(29-2)10-5-18/h4-5,7-16H,6,17H2,1-3H3. The van der Waals surface area contributed by atoms with Crippen LogP contribution in [0, 0.1) is 0 Å². The molecule has 0 heterocycles. The Morgan fingerprint density at radius 2 is 1.28 bits per heavy atom. The zero-order valence-electron chi connectivity index (χ0n) is 18.1. The molecule has 0 fully saturated rings. The summed E-state index contributed by atoms with van der Waals surface area (Å²) in [7, 11) is 0.850. The van der Waals surface area contributed by atoms with Crippen LogP contribution in [0.15, 0.2) is 77.7 Å². The first kappa shape index (κ1) is 23.1. The monoisotopic (exact) mass is 455 g/mol. The van der Waals surface area contributed by atoms with Crippen LogP contribution >= 0.6 is 0 Å². The Morgan fingerprint density at radius 1 is 0.781 bits per heavy atom. The summed E-state index contributed by atoms with van der Waals surface area (Å²) in [4.78, 5) is 12.3. The highest BCUT2D eigenvalue weighted by molar-refractivity contribution is 7.92. The first-order valence-electron chi connectivity index (χ1n) is 9.90. The zero-order chi connectivity index (χ0) is 23.1. The molecular formula is C24H25NO6S. The number of methoxy groups -OCH3 is 2. The Morgan fingerprint density at radius 3 is 1.81 bits per heavy atom. The van der Waals surface area contributed by atoms with Gasteiger partial charge in [-0.2, -0.15) is 0 Å². The van der Waals surface area contributed by atoms with Crippen molar-refractivity contribution in [2.24, 2.45) is 0 Å². The fraction of sp³-hybridized carbons (Fsp3) is 0.208. The van der Waals surface area contributed by atoms with Crippen molar-refractivity contribution in [3.05, 3.63) is 78.4 Å². The average Bonchev–Trinajstić information content (AvgIpc) is 2.83. The highest BCUT2D eigenvalue weighted by Gasteiger charge is 2.21. The topological polar surface area (TPSA) is 82.1 Å². The van der Waals surface area contributed by atoms with Gasteiger partial charge in [0.25, 0.3) is 10.0 Å². The van der Waals surface area contributed by atoms with Crippen LogP contribution < -0.4 is 18.5 Å². The lowest BCUT2D eigenvalue weighted by Crippen LogP contribution is -2.26. The summed E-state index contributed by atoms with van der Waals surface area (Å²) in [6, 6.07) is 20.0. The second-order valence-electron chi connectivity index (χ2n) is 6.96. The van der Waals surface area contributed by atoms with E-state index in [1.807, 2.05) is 24.3 Å². The molecule has 0 spiro atoms. The first-order chi connectivity index (χ1) is 15.3. The predicted molar refractivity (Wildman–Crippen MR) is 122 cm³/mol. The number of esters is 1. The predicted octanol–water partition coefficient (Wildman–Crippen LogP) is 4.07. The molecule has 0 amide bonds. The fourth-order valence-electron chi connectivity index (χ4n) is 2.99. The molecule has 0 aromatic heterocycles. The van der Waals surface area contributed by atoms with E-state index in [4.69, 9.17) is 14.2 Å². The van der Waals surface area contributed by atoms with Crippen molar-refractivity contribution in [3.8, 4) is 17.2 Å². The molecule has 0 aliphatic rings. The molecule has 3 aromatic rings. The quantitative estimate of drug-likeness (QED) is 0.357. The van der Waals surface area contributed by atoms with Gasteiger partial charge in [0.1, 0.15) is 17.2 Å². The van der Waals surface area contributed by atoms with Gasteiger partial charge in [-0.3, -0.25) is 9.10 Å². The van der Waals surface area contributed by atoms with E-state index in [1.165, 1.54) is 30.6 Å². The third kappa shape index (κ3) is 5.59. The fourth-order valence-corrected chi connectivity index (χ4v) is 4.19. The second-order valence-corrected chi connectivity index (χ2v) is 8.93. The van der Waals surface area contributed by atoms with Crippen LogP contribution in [-0.2, 0) is 21.2 Å². The number of nitrogens with zero attached hydrogens (tertiary/aromatic N) is 1. The van der Waals surface area contributed by atoms with Crippen LogP contribution in [0.25, 0.3) is 0 Å². The van der Waals surface area contributed by atoms with E-state index in [9.17, 15) is 13.2 Å². The number of carbonyl (C=O) groups is 1. The van der Waals surface area contributed by atoms with Crippen molar-refractivity contribution < 1.29 is 27.4 Å². The Hall–Kier alpha value is -3.52. The molecule has 32 heavy (non-hydrogen) atoms. The van der Waals surface area contributed by atoms with Crippen LogP contribution in [0.1, 0.15) is 12.0 Å². The molecule has 7 nitrogen and oxygen atoms in total. The zero-order valence-corrected chi connectivity index (χ0v) is 19.0. The highest BCUT2D eigenvalue weighted by atomic mass is 32.2. The average molecular weight is 456 g/mol. The van der Waals surface area contributed by atoms with Crippen molar-refractivity contribution in [1.29, 1.82) is 0 Å². The second kappa shape index (κ2) is 10.2. The molecule has 0 saturated heterocycles. The number of sulfonamides is 1. The van der Waals surface area contributed by atoms with Gasteiger partial charge in [0.15, 0.2) is 0 Å². The van der Waals surface area contributed by atoms with Gasteiger partial charge in [0, 0.05) is 13.5 Å². The summed E-state index contributed by atoms with van der Waals surface area (Å²) in [5.74, 6) is 1.32. The number of hydrogen-bond donors (Lipinski definition) is 0. The third-order valence-corrected chi connectivity index (χ3v) is 6.73. The lowest BCUT2D eigenvalue weighted by Gasteiger charge is -2.20. The molecular weight excluding hydrogens is 430 g/mol. The lowest BCUT2D eigenvalue weighted by molar-refractivity contribution is -0.134. The number of benzene rings is 3. The lowest BCUT2D eigenvalue weighted by atomic mass is 10.1. The van der Waals surface area contributed by atoms with E-state index in [1.54, 1.807) is 43.5 Å². The molecule has 8 heteroatoms. The van der Waals surface area contributed by atoms with Gasteiger partial charge in [-0.15, -0.1) is 0 Å². The van der Waals surface area contributed by atoms with Gasteiger partial charge in [-0.1, -0.05) is 12.1 Å². The summed E-state index contributed by atoms with van der Waals surface area (Å²) >= 11 is 0. The number of carbonyl (C=O) groups excluding carboxylic acids is 1. The van der Waals surface area contributed by atoms with Crippen molar-refractivity contribution >= 4 is 21.7 Å². The number of hydrogen-bond acceptors (Lipinski definition) is 6. The first-order valence-corrected chi connectivity index (χ1v) is 11.3. The number of aryl methyl sites for hydroxylation is 1. The van der Waals surface area contributed by atoms with Gasteiger partial charge in [-0.05, 0) is 72.6 Å². The van der Waals surface area contributed by atoms with Crippen molar-refractivity contribution in [3.63, 3.8) is 0 Å². The van der Waals surface area contributed by atoms with Crippen LogP contribution in [-0.4, -0.2) is 35.7 Å². The number of ether oxygens (including phenoxy) is 3. The summed E-state index contributed by atoms with van der Waals surface area (Å²) in [5, 5.41) is 0. The molecule has 0 aliphatic heterocycles. The minimum atomic E-state index is -3.74. The molecule has 3 aromatic carbocycles. The van der Waals surface area contributed by atoms with E-state index in [-0.39, 0.29) is 17.3 Å². The SMILES string of the molecule is COc1ccc(CCC(=O)Oc2ccc(N(C)S(=O)(=O)c3ccc(OC)cc3)cc2)cc1.